The number of hydrogen-bond acceptors (Lipinski definition) is 3. The van der Waals surface area contributed by atoms with Crippen molar-refractivity contribution in [2.75, 3.05) is 23.0 Å². The van der Waals surface area contributed by atoms with Gasteiger partial charge in [0.2, 0.25) is 0 Å². The average Bonchev–Trinajstić information content (AvgIpc) is 2.87. The fraction of sp³-hybridized carbons (Fsp3) is 0.462. The Morgan fingerprint density at radius 1 is 1.29 bits per heavy atom. The van der Waals surface area contributed by atoms with Crippen molar-refractivity contribution in [1.82, 2.24) is 0 Å². The van der Waals surface area contributed by atoms with Crippen LogP contribution in [0.15, 0.2) is 22.7 Å². The second-order valence-electron chi connectivity index (χ2n) is 4.79. The fourth-order valence-corrected chi connectivity index (χ4v) is 7.03. The van der Waals surface area contributed by atoms with E-state index in [1.165, 1.54) is 0 Å². The van der Waals surface area contributed by atoms with Gasteiger partial charge >= 0.3 is 12.1 Å². The Kier molecular flexibility index (Phi) is 3.99. The summed E-state index contributed by atoms with van der Waals surface area (Å²) >= 11 is 6.96. The number of thioether (sulfide) groups is 2. The van der Waals surface area contributed by atoms with E-state index < -0.39 is 12.1 Å². The molecule has 0 bridgehead atoms. The van der Waals surface area contributed by atoms with Crippen LogP contribution in [-0.4, -0.2) is 30.1 Å². The molecule has 0 aliphatic carbocycles. The molecule has 2 aliphatic rings. The van der Waals surface area contributed by atoms with Crippen LogP contribution in [0.3, 0.4) is 0 Å². The quantitative estimate of drug-likeness (QED) is 0.647. The summed E-state index contributed by atoms with van der Waals surface area (Å²) in [4.78, 5) is 12.5. The summed E-state index contributed by atoms with van der Waals surface area (Å²) in [5.74, 6) is 0.154. The van der Waals surface area contributed by atoms with Gasteiger partial charge in [-0.1, -0.05) is 22.0 Å². The van der Waals surface area contributed by atoms with E-state index in [2.05, 4.69) is 15.9 Å². The highest BCUT2D eigenvalue weighted by atomic mass is 79.9. The molecular formula is C13H11BrF3NOS2. The Labute approximate surface area is 137 Å². The van der Waals surface area contributed by atoms with Crippen molar-refractivity contribution in [3.63, 3.8) is 0 Å². The summed E-state index contributed by atoms with van der Waals surface area (Å²) in [5.41, 5.74) is 1.18. The number of amides is 1. The molecular weight excluding hydrogens is 387 g/mol. The van der Waals surface area contributed by atoms with E-state index in [1.54, 1.807) is 35.7 Å². The van der Waals surface area contributed by atoms with Crippen molar-refractivity contribution < 1.29 is 18.0 Å². The molecule has 2 heterocycles. The number of halogens is 4. The maximum absolute atomic E-state index is 12.8. The number of carbonyl (C=O) groups is 1. The molecule has 1 fully saturated rings. The van der Waals surface area contributed by atoms with Crippen molar-refractivity contribution in [3.8, 4) is 0 Å². The van der Waals surface area contributed by atoms with Crippen molar-refractivity contribution in [1.29, 1.82) is 0 Å². The van der Waals surface area contributed by atoms with Gasteiger partial charge in [-0.25, -0.2) is 0 Å². The highest BCUT2D eigenvalue weighted by Gasteiger charge is 2.50. The minimum absolute atomic E-state index is 0.0990. The zero-order chi connectivity index (χ0) is 15.3. The van der Waals surface area contributed by atoms with Crippen LogP contribution in [0.25, 0.3) is 0 Å². The normalized spacial score (nSPS) is 20.7. The summed E-state index contributed by atoms with van der Waals surface area (Å²) < 4.78 is 38.9. The van der Waals surface area contributed by atoms with Crippen LogP contribution in [0.1, 0.15) is 12.0 Å². The van der Waals surface area contributed by atoms with Gasteiger partial charge in [-0.05, 0) is 18.6 Å². The van der Waals surface area contributed by atoms with Crippen molar-refractivity contribution in [2.24, 2.45) is 0 Å². The highest BCUT2D eigenvalue weighted by Crippen LogP contribution is 2.60. The van der Waals surface area contributed by atoms with Crippen LogP contribution in [-0.2, 0) is 8.87 Å². The van der Waals surface area contributed by atoms with E-state index in [-0.39, 0.29) is 10.6 Å². The number of alkyl halides is 3. The molecule has 2 nitrogen and oxygen atoms in total. The van der Waals surface area contributed by atoms with Crippen LogP contribution in [0.4, 0.5) is 18.9 Å². The maximum atomic E-state index is 12.8. The van der Waals surface area contributed by atoms with E-state index in [0.717, 1.165) is 26.4 Å². The van der Waals surface area contributed by atoms with Gasteiger partial charge in [-0.2, -0.15) is 13.2 Å². The first-order chi connectivity index (χ1) is 9.85. The molecule has 1 aromatic carbocycles. The van der Waals surface area contributed by atoms with Gasteiger partial charge in [-0.3, -0.25) is 4.79 Å². The van der Waals surface area contributed by atoms with Crippen LogP contribution in [0.5, 0.6) is 0 Å². The van der Waals surface area contributed by atoms with Gasteiger partial charge in [0.1, 0.15) is 0 Å². The molecule has 3 rings (SSSR count). The topological polar surface area (TPSA) is 20.3 Å². The lowest BCUT2D eigenvalue weighted by atomic mass is 10.00. The Morgan fingerprint density at radius 2 is 1.95 bits per heavy atom. The van der Waals surface area contributed by atoms with Crippen LogP contribution in [0, 0.1) is 0 Å². The van der Waals surface area contributed by atoms with Gasteiger partial charge in [-0.15, -0.1) is 23.5 Å². The molecule has 0 unspecified atom stereocenters. The number of fused-ring (bicyclic) bond motifs is 2. The predicted molar refractivity (Wildman–Crippen MR) is 83.8 cm³/mol. The maximum Gasteiger partial charge on any atom is 0.471 e. The lowest BCUT2D eigenvalue weighted by Gasteiger charge is -2.40. The van der Waals surface area contributed by atoms with Gasteiger partial charge in [0.25, 0.3) is 0 Å². The van der Waals surface area contributed by atoms with Gasteiger partial charge in [0.15, 0.2) is 0 Å². The molecule has 1 aromatic rings. The molecule has 21 heavy (non-hydrogen) atoms. The fourth-order valence-electron chi connectivity index (χ4n) is 2.73. The SMILES string of the molecule is O=C(N1CCC2(SCCS2)c2c(Br)cccc21)C(F)(F)F. The molecule has 0 saturated carbocycles. The Balaban J connectivity index is 2.10. The minimum Gasteiger partial charge on any atom is -0.304 e. The third kappa shape index (κ3) is 2.59. The second-order valence-corrected chi connectivity index (χ2v) is 8.69. The molecule has 0 atom stereocenters. The van der Waals surface area contributed by atoms with Crippen LogP contribution >= 0.6 is 39.5 Å². The number of carbonyl (C=O) groups excluding carboxylic acids is 1. The van der Waals surface area contributed by atoms with E-state index in [9.17, 15) is 18.0 Å². The zero-order valence-electron chi connectivity index (χ0n) is 10.7. The third-order valence-electron chi connectivity index (χ3n) is 3.57. The van der Waals surface area contributed by atoms with Crippen molar-refractivity contribution in [2.45, 2.75) is 16.7 Å². The molecule has 1 spiro atoms. The van der Waals surface area contributed by atoms with Crippen molar-refractivity contribution in [3.05, 3.63) is 28.2 Å². The summed E-state index contributed by atoms with van der Waals surface area (Å²) in [6, 6.07) is 5.09. The summed E-state index contributed by atoms with van der Waals surface area (Å²) in [6.45, 7) is 0.0990. The lowest BCUT2D eigenvalue weighted by Crippen LogP contribution is -2.46. The second kappa shape index (κ2) is 5.38. The summed E-state index contributed by atoms with van der Waals surface area (Å²) in [7, 11) is 0. The highest BCUT2D eigenvalue weighted by molar-refractivity contribution is 9.10. The molecule has 8 heteroatoms. The Bertz CT molecular complexity index is 587. The number of anilines is 1. The smallest absolute Gasteiger partial charge is 0.304 e. The average molecular weight is 398 g/mol. The molecule has 114 valence electrons. The van der Waals surface area contributed by atoms with E-state index >= 15 is 0 Å². The predicted octanol–water partition coefficient (Wildman–Crippen LogP) is 4.38. The molecule has 1 saturated heterocycles. The Morgan fingerprint density at radius 3 is 2.57 bits per heavy atom. The first kappa shape index (κ1) is 15.6. The van der Waals surface area contributed by atoms with Crippen LogP contribution in [0.2, 0.25) is 0 Å². The molecule has 2 aliphatic heterocycles. The van der Waals surface area contributed by atoms with Crippen molar-refractivity contribution >= 4 is 51.0 Å². The van der Waals surface area contributed by atoms with Gasteiger partial charge in [0.05, 0.1) is 9.77 Å². The third-order valence-corrected chi connectivity index (χ3v) is 7.76. The molecule has 0 aromatic heterocycles. The van der Waals surface area contributed by atoms with Crippen LogP contribution < -0.4 is 4.90 Å². The van der Waals surface area contributed by atoms with E-state index in [1.807, 2.05) is 6.07 Å². The number of benzene rings is 1. The van der Waals surface area contributed by atoms with E-state index in [0.29, 0.717) is 12.1 Å². The first-order valence-electron chi connectivity index (χ1n) is 6.31. The molecule has 0 N–H and O–H groups in total. The minimum atomic E-state index is -4.85. The molecule has 1 amide bonds. The Hall–Kier alpha value is -0.340. The summed E-state index contributed by atoms with van der Waals surface area (Å²) in [6.07, 6.45) is -4.32. The first-order valence-corrected chi connectivity index (χ1v) is 9.07. The number of nitrogens with zero attached hydrogens (tertiary/aromatic N) is 1. The number of rotatable bonds is 0. The zero-order valence-corrected chi connectivity index (χ0v) is 14.0. The number of hydrogen-bond donors (Lipinski definition) is 0. The largest absolute Gasteiger partial charge is 0.471 e. The molecule has 0 radical (unpaired) electrons. The van der Waals surface area contributed by atoms with E-state index in [4.69, 9.17) is 0 Å². The monoisotopic (exact) mass is 397 g/mol. The standard InChI is InChI=1S/C13H11BrF3NOS2/c14-8-2-1-3-9-10(8)12(20-6-7-21-12)4-5-18(9)11(19)13(15,16)17/h1-3H,4-7H2. The van der Waals surface area contributed by atoms with Gasteiger partial charge < -0.3 is 4.90 Å². The van der Waals surface area contributed by atoms with Gasteiger partial charge in [0, 0.05) is 28.1 Å². The lowest BCUT2D eigenvalue weighted by molar-refractivity contribution is -0.170. The summed E-state index contributed by atoms with van der Waals surface area (Å²) in [5, 5.41) is 0.